The Hall–Kier alpha value is -0.383. The first kappa shape index (κ1) is 23.9. The van der Waals surface area contributed by atoms with Crippen LogP contribution < -0.4 is 0 Å². The molecule has 0 spiro atoms. The van der Waals surface area contributed by atoms with Crippen molar-refractivity contribution in [2.24, 2.45) is 16.7 Å². The van der Waals surface area contributed by atoms with Gasteiger partial charge in [0.25, 0.3) is 0 Å². The minimum Gasteiger partial charge on any atom is -0.409 e. The summed E-state index contributed by atoms with van der Waals surface area (Å²) >= 11 is 0. The Kier molecular flexibility index (Phi) is 7.16. The van der Waals surface area contributed by atoms with Crippen LogP contribution in [0.25, 0.3) is 0 Å². The van der Waals surface area contributed by atoms with Crippen LogP contribution in [0, 0.1) is 16.7 Å². The average Bonchev–Trinajstić information content (AvgIpc) is 2.88. The Bertz CT molecular complexity index is 572. The molecule has 2 nitrogen and oxygen atoms in total. The first-order valence-corrected chi connectivity index (χ1v) is 13.7. The molecule has 0 aliphatic heterocycles. The molecule has 2 rings (SSSR count). The fourth-order valence-electron chi connectivity index (χ4n) is 6.87. The molecule has 3 heteroatoms. The molecule has 1 N–H and O–H groups in total. The molecule has 2 aliphatic carbocycles. The lowest BCUT2D eigenvalue weighted by molar-refractivity contribution is -0.0797. The van der Waals surface area contributed by atoms with Crippen LogP contribution >= 0.6 is 0 Å². The van der Waals surface area contributed by atoms with E-state index >= 15 is 0 Å². The Morgan fingerprint density at radius 1 is 1.11 bits per heavy atom. The first-order chi connectivity index (χ1) is 12.9. The summed E-state index contributed by atoms with van der Waals surface area (Å²) < 4.78 is 7.26. The monoisotopic (exact) mass is 406 g/mol. The lowest BCUT2D eigenvalue weighted by Crippen LogP contribution is -2.56. The molecular formula is C25H46O2Si. The molecule has 0 bridgehead atoms. The number of rotatable bonds is 8. The Balaban J connectivity index is 2.44. The topological polar surface area (TPSA) is 29.5 Å². The van der Waals surface area contributed by atoms with Crippen LogP contribution in [0.3, 0.4) is 0 Å². The SMILES string of the molecule is C=CC[C@@H](C)[C@]1(C)CC=C2[C@@H](O[Si](C(C)C)(C(C)C)C(C)C)CC[C@H](O)[C@]21C. The maximum absolute atomic E-state index is 11.2. The number of fused-ring (bicyclic) bond motifs is 1. The zero-order valence-corrected chi connectivity index (χ0v) is 21.0. The van der Waals surface area contributed by atoms with E-state index in [1.807, 2.05) is 6.08 Å². The molecule has 162 valence electrons. The summed E-state index contributed by atoms with van der Waals surface area (Å²) in [6, 6.07) is 0. The number of hydrogen-bond donors (Lipinski definition) is 1. The second-order valence-electron chi connectivity index (χ2n) is 10.9. The van der Waals surface area contributed by atoms with E-state index in [1.54, 1.807) is 0 Å². The zero-order valence-electron chi connectivity index (χ0n) is 20.0. The molecule has 1 saturated carbocycles. The van der Waals surface area contributed by atoms with Gasteiger partial charge in [-0.2, -0.15) is 0 Å². The van der Waals surface area contributed by atoms with E-state index in [9.17, 15) is 5.11 Å². The summed E-state index contributed by atoms with van der Waals surface area (Å²) in [7, 11) is -1.96. The largest absolute Gasteiger partial charge is 0.409 e. The lowest BCUT2D eigenvalue weighted by Gasteiger charge is -2.55. The maximum atomic E-state index is 11.2. The molecule has 0 unspecified atom stereocenters. The molecule has 0 amide bonds. The van der Waals surface area contributed by atoms with Gasteiger partial charge in [-0.3, -0.25) is 0 Å². The highest BCUT2D eigenvalue weighted by Crippen LogP contribution is 2.63. The van der Waals surface area contributed by atoms with Gasteiger partial charge in [0.05, 0.1) is 12.2 Å². The van der Waals surface area contributed by atoms with Gasteiger partial charge in [0, 0.05) is 5.41 Å². The first-order valence-electron chi connectivity index (χ1n) is 11.6. The molecule has 0 heterocycles. The van der Waals surface area contributed by atoms with E-state index in [1.165, 1.54) is 5.57 Å². The van der Waals surface area contributed by atoms with Crippen molar-refractivity contribution in [3.8, 4) is 0 Å². The predicted molar refractivity (Wildman–Crippen MR) is 124 cm³/mol. The Morgan fingerprint density at radius 2 is 1.64 bits per heavy atom. The van der Waals surface area contributed by atoms with E-state index in [0.29, 0.717) is 22.5 Å². The van der Waals surface area contributed by atoms with Crippen LogP contribution in [0.15, 0.2) is 24.3 Å². The predicted octanol–water partition coefficient (Wildman–Crippen LogP) is 7.26. The van der Waals surface area contributed by atoms with Gasteiger partial charge in [0.1, 0.15) is 0 Å². The van der Waals surface area contributed by atoms with Gasteiger partial charge in [0.2, 0.25) is 8.32 Å². The third-order valence-corrected chi connectivity index (χ3v) is 15.0. The maximum Gasteiger partial charge on any atom is 0.201 e. The highest BCUT2D eigenvalue weighted by atomic mass is 28.4. The van der Waals surface area contributed by atoms with Crippen LogP contribution in [-0.2, 0) is 4.43 Å². The minimum absolute atomic E-state index is 0.0513. The summed E-state index contributed by atoms with van der Waals surface area (Å²) in [5.74, 6) is 0.486. The third-order valence-electron chi connectivity index (χ3n) is 8.91. The van der Waals surface area contributed by atoms with Gasteiger partial charge in [-0.05, 0) is 59.2 Å². The van der Waals surface area contributed by atoms with Crippen molar-refractivity contribution < 1.29 is 9.53 Å². The minimum atomic E-state index is -1.96. The zero-order chi connectivity index (χ0) is 21.5. The Morgan fingerprint density at radius 3 is 2.11 bits per heavy atom. The van der Waals surface area contributed by atoms with Gasteiger partial charge in [-0.25, -0.2) is 0 Å². The number of aliphatic hydroxyl groups excluding tert-OH is 1. The van der Waals surface area contributed by atoms with Gasteiger partial charge in [-0.1, -0.05) is 74.5 Å². The lowest BCUT2D eigenvalue weighted by atomic mass is 9.53. The molecular weight excluding hydrogens is 360 g/mol. The molecule has 0 radical (unpaired) electrons. The molecule has 0 aromatic rings. The highest BCUT2D eigenvalue weighted by molar-refractivity contribution is 6.77. The van der Waals surface area contributed by atoms with E-state index in [-0.39, 0.29) is 23.0 Å². The van der Waals surface area contributed by atoms with Gasteiger partial charge in [0.15, 0.2) is 0 Å². The van der Waals surface area contributed by atoms with Gasteiger partial charge < -0.3 is 9.53 Å². The number of allylic oxidation sites excluding steroid dienone is 2. The third kappa shape index (κ3) is 3.40. The standard InChI is InChI=1S/C25H46O2Si/c1-11-12-20(8)24(9)16-15-21-22(13-14-23(26)25(21,24)10)27-28(17(2)3,18(4)5)19(6)7/h11,15,17-20,22-23,26H,1,12-14,16H2,2-10H3/t20-,22+,23+,24+,25+/m1/s1. The summed E-state index contributed by atoms with van der Waals surface area (Å²) in [5, 5.41) is 11.2. The Labute approximate surface area is 176 Å². The van der Waals surface area contributed by atoms with Gasteiger partial charge in [-0.15, -0.1) is 6.58 Å². The molecule has 5 atom stereocenters. The molecule has 0 aromatic carbocycles. The second kappa shape index (κ2) is 8.39. The second-order valence-corrected chi connectivity index (χ2v) is 16.3. The summed E-state index contributed by atoms with van der Waals surface area (Å²) in [5.41, 5.74) is 2.98. The summed E-state index contributed by atoms with van der Waals surface area (Å²) in [6.07, 6.45) is 8.18. The van der Waals surface area contributed by atoms with Crippen molar-refractivity contribution in [2.45, 2.75) is 117 Å². The van der Waals surface area contributed by atoms with E-state index < -0.39 is 8.32 Å². The number of aliphatic hydroxyl groups is 1. The van der Waals surface area contributed by atoms with Crippen molar-refractivity contribution in [1.82, 2.24) is 0 Å². The normalized spacial score (nSPS) is 34.7. The molecule has 28 heavy (non-hydrogen) atoms. The van der Waals surface area contributed by atoms with Crippen molar-refractivity contribution in [2.75, 3.05) is 0 Å². The van der Waals surface area contributed by atoms with Crippen molar-refractivity contribution in [3.05, 3.63) is 24.3 Å². The highest BCUT2D eigenvalue weighted by Gasteiger charge is 2.60. The van der Waals surface area contributed by atoms with E-state index in [4.69, 9.17) is 4.43 Å². The molecule has 0 aromatic heterocycles. The average molecular weight is 407 g/mol. The van der Waals surface area contributed by atoms with Crippen LogP contribution in [0.5, 0.6) is 0 Å². The van der Waals surface area contributed by atoms with E-state index in [2.05, 4.69) is 75.0 Å². The van der Waals surface area contributed by atoms with Crippen molar-refractivity contribution >= 4 is 8.32 Å². The quantitative estimate of drug-likeness (QED) is 0.339. The van der Waals surface area contributed by atoms with Crippen LogP contribution in [0.2, 0.25) is 16.6 Å². The van der Waals surface area contributed by atoms with Crippen LogP contribution in [0.4, 0.5) is 0 Å². The molecule has 1 fully saturated rings. The molecule has 0 saturated heterocycles. The van der Waals surface area contributed by atoms with E-state index in [0.717, 1.165) is 25.7 Å². The van der Waals surface area contributed by atoms with Crippen LogP contribution in [0.1, 0.15) is 88.0 Å². The van der Waals surface area contributed by atoms with Gasteiger partial charge >= 0.3 is 0 Å². The number of hydrogen-bond acceptors (Lipinski definition) is 2. The fraction of sp³-hybridized carbons (Fsp3) is 0.840. The smallest absolute Gasteiger partial charge is 0.201 e. The summed E-state index contributed by atoms with van der Waals surface area (Å²) in [4.78, 5) is 0. The van der Waals surface area contributed by atoms with Crippen molar-refractivity contribution in [1.29, 1.82) is 0 Å². The fourth-order valence-corrected chi connectivity index (χ4v) is 12.4. The molecule has 2 aliphatic rings. The summed E-state index contributed by atoms with van der Waals surface area (Å²) in [6.45, 7) is 25.2. The van der Waals surface area contributed by atoms with Crippen LogP contribution in [-0.4, -0.2) is 25.6 Å². The van der Waals surface area contributed by atoms with Crippen molar-refractivity contribution in [3.63, 3.8) is 0 Å².